The molecule has 1 aromatic rings. The third-order valence-electron chi connectivity index (χ3n) is 5.40. The number of rotatable bonds is 3. The largest absolute Gasteiger partial charge is 0.307 e. The monoisotopic (exact) mass is 291 g/mol. The second-order valence-corrected chi connectivity index (χ2v) is 7.13. The molecule has 0 aliphatic heterocycles. The van der Waals surface area contributed by atoms with Gasteiger partial charge in [0.25, 0.3) is 0 Å². The smallest absolute Gasteiger partial charge is 0.0453 e. The first-order valence-corrected chi connectivity index (χ1v) is 8.62. The van der Waals surface area contributed by atoms with Crippen LogP contribution in [0, 0.1) is 11.8 Å². The van der Waals surface area contributed by atoms with Crippen LogP contribution in [0.3, 0.4) is 0 Å². The van der Waals surface area contributed by atoms with E-state index in [1.54, 1.807) is 0 Å². The van der Waals surface area contributed by atoms with Gasteiger partial charge < -0.3 is 5.32 Å². The van der Waals surface area contributed by atoms with Crippen LogP contribution in [-0.2, 0) is 0 Å². The molecule has 4 unspecified atom stereocenters. The maximum atomic E-state index is 6.31. The normalized spacial score (nSPS) is 31.6. The van der Waals surface area contributed by atoms with Crippen molar-refractivity contribution in [2.45, 2.75) is 64.0 Å². The summed E-state index contributed by atoms with van der Waals surface area (Å²) in [6.07, 6.45) is 10.0. The molecule has 4 atom stereocenters. The molecule has 2 fully saturated rings. The van der Waals surface area contributed by atoms with Crippen molar-refractivity contribution in [2.24, 2.45) is 11.8 Å². The lowest BCUT2D eigenvalue weighted by Crippen LogP contribution is -2.39. The zero-order valence-corrected chi connectivity index (χ0v) is 13.2. The fourth-order valence-electron chi connectivity index (χ4n) is 4.29. The predicted octanol–water partition coefficient (Wildman–Crippen LogP) is 5.35. The Labute approximate surface area is 128 Å². The van der Waals surface area contributed by atoms with Gasteiger partial charge in [0.05, 0.1) is 0 Å². The van der Waals surface area contributed by atoms with E-state index in [4.69, 9.17) is 11.6 Å². The molecule has 0 saturated heterocycles. The predicted molar refractivity (Wildman–Crippen MR) is 86.1 cm³/mol. The Morgan fingerprint density at radius 1 is 1.05 bits per heavy atom. The van der Waals surface area contributed by atoms with Crippen molar-refractivity contribution in [3.63, 3.8) is 0 Å². The van der Waals surface area contributed by atoms with Crippen molar-refractivity contribution in [1.82, 2.24) is 5.32 Å². The van der Waals surface area contributed by atoms with Gasteiger partial charge in [-0.1, -0.05) is 55.5 Å². The topological polar surface area (TPSA) is 12.0 Å². The van der Waals surface area contributed by atoms with E-state index in [0.717, 1.165) is 16.9 Å². The standard InChI is InChI=1S/C18H26ClN/c1-13(17-8-4-5-9-18(17)19)20-16-11-10-14-6-2-3-7-15(14)12-16/h4-5,8-9,13-16,20H,2-3,6-7,10-12H2,1H3. The SMILES string of the molecule is CC(NC1CCC2CCCCC2C1)c1ccccc1Cl. The number of hydrogen-bond donors (Lipinski definition) is 1. The summed E-state index contributed by atoms with van der Waals surface area (Å²) in [5.74, 6) is 2.01. The van der Waals surface area contributed by atoms with Gasteiger partial charge in [-0.15, -0.1) is 0 Å². The maximum absolute atomic E-state index is 6.31. The summed E-state index contributed by atoms with van der Waals surface area (Å²) in [6, 6.07) is 9.26. The Bertz CT molecular complexity index is 445. The number of fused-ring (bicyclic) bond motifs is 1. The van der Waals surface area contributed by atoms with Gasteiger partial charge in [0.2, 0.25) is 0 Å². The van der Waals surface area contributed by atoms with E-state index in [9.17, 15) is 0 Å². The molecule has 2 aliphatic carbocycles. The summed E-state index contributed by atoms with van der Waals surface area (Å²) < 4.78 is 0. The molecular weight excluding hydrogens is 266 g/mol. The molecule has 0 amide bonds. The zero-order chi connectivity index (χ0) is 13.9. The third-order valence-corrected chi connectivity index (χ3v) is 5.74. The summed E-state index contributed by atoms with van der Waals surface area (Å²) in [5, 5.41) is 4.71. The van der Waals surface area contributed by atoms with E-state index in [1.807, 2.05) is 12.1 Å². The minimum atomic E-state index is 0.355. The van der Waals surface area contributed by atoms with E-state index >= 15 is 0 Å². The molecule has 1 N–H and O–H groups in total. The minimum Gasteiger partial charge on any atom is -0.307 e. The van der Waals surface area contributed by atoms with Gasteiger partial charge in [-0.3, -0.25) is 0 Å². The van der Waals surface area contributed by atoms with Gasteiger partial charge in [0.15, 0.2) is 0 Å². The first kappa shape index (κ1) is 14.4. The van der Waals surface area contributed by atoms with Crippen molar-refractivity contribution < 1.29 is 0 Å². The second kappa shape index (κ2) is 6.49. The highest BCUT2D eigenvalue weighted by Gasteiger charge is 2.32. The van der Waals surface area contributed by atoms with E-state index in [-0.39, 0.29) is 0 Å². The van der Waals surface area contributed by atoms with Gasteiger partial charge in [-0.05, 0) is 49.7 Å². The van der Waals surface area contributed by atoms with Crippen LogP contribution in [0.15, 0.2) is 24.3 Å². The lowest BCUT2D eigenvalue weighted by Gasteiger charge is -2.40. The Kier molecular flexibility index (Phi) is 4.68. The lowest BCUT2D eigenvalue weighted by molar-refractivity contribution is 0.139. The summed E-state index contributed by atoms with van der Waals surface area (Å²) in [6.45, 7) is 2.24. The summed E-state index contributed by atoms with van der Waals surface area (Å²) >= 11 is 6.31. The number of nitrogens with one attached hydrogen (secondary N) is 1. The molecule has 2 aliphatic rings. The van der Waals surface area contributed by atoms with Crippen molar-refractivity contribution in [2.75, 3.05) is 0 Å². The molecule has 1 nitrogen and oxygen atoms in total. The first-order chi connectivity index (χ1) is 9.74. The minimum absolute atomic E-state index is 0.355. The Morgan fingerprint density at radius 3 is 2.60 bits per heavy atom. The van der Waals surface area contributed by atoms with Crippen LogP contribution >= 0.6 is 11.6 Å². The summed E-state index contributed by atoms with van der Waals surface area (Å²) in [5.41, 5.74) is 1.24. The highest BCUT2D eigenvalue weighted by Crippen LogP contribution is 2.41. The number of benzene rings is 1. The van der Waals surface area contributed by atoms with Gasteiger partial charge in [0.1, 0.15) is 0 Å². The first-order valence-electron chi connectivity index (χ1n) is 8.24. The molecule has 0 radical (unpaired) electrons. The Hall–Kier alpha value is -0.530. The van der Waals surface area contributed by atoms with E-state index in [0.29, 0.717) is 12.1 Å². The average Bonchev–Trinajstić information content (AvgIpc) is 2.47. The van der Waals surface area contributed by atoms with Gasteiger partial charge >= 0.3 is 0 Å². The Morgan fingerprint density at radius 2 is 1.80 bits per heavy atom. The van der Waals surface area contributed by atoms with E-state index < -0.39 is 0 Å². The fourth-order valence-corrected chi connectivity index (χ4v) is 4.59. The highest BCUT2D eigenvalue weighted by molar-refractivity contribution is 6.31. The van der Waals surface area contributed by atoms with Gasteiger partial charge in [-0.2, -0.15) is 0 Å². The van der Waals surface area contributed by atoms with Crippen LogP contribution in [0.4, 0.5) is 0 Å². The number of halogens is 1. The molecule has 2 saturated carbocycles. The van der Waals surface area contributed by atoms with Crippen molar-refractivity contribution in [3.05, 3.63) is 34.9 Å². The molecule has 110 valence electrons. The average molecular weight is 292 g/mol. The van der Waals surface area contributed by atoms with Crippen LogP contribution in [0.25, 0.3) is 0 Å². The summed E-state index contributed by atoms with van der Waals surface area (Å²) in [4.78, 5) is 0. The highest BCUT2D eigenvalue weighted by atomic mass is 35.5. The zero-order valence-electron chi connectivity index (χ0n) is 12.4. The number of hydrogen-bond acceptors (Lipinski definition) is 1. The van der Waals surface area contributed by atoms with Gasteiger partial charge in [0, 0.05) is 17.1 Å². The quantitative estimate of drug-likeness (QED) is 0.791. The molecule has 20 heavy (non-hydrogen) atoms. The third kappa shape index (κ3) is 3.20. The maximum Gasteiger partial charge on any atom is 0.0453 e. The molecule has 0 bridgehead atoms. The molecule has 0 spiro atoms. The molecular formula is C18H26ClN. The molecule has 3 rings (SSSR count). The van der Waals surface area contributed by atoms with Crippen molar-refractivity contribution in [3.8, 4) is 0 Å². The van der Waals surface area contributed by atoms with E-state index in [2.05, 4.69) is 24.4 Å². The molecule has 2 heteroatoms. The molecule has 0 aromatic heterocycles. The van der Waals surface area contributed by atoms with Gasteiger partial charge in [-0.25, -0.2) is 0 Å². The van der Waals surface area contributed by atoms with Crippen LogP contribution in [0.5, 0.6) is 0 Å². The second-order valence-electron chi connectivity index (χ2n) is 6.72. The van der Waals surface area contributed by atoms with Crippen LogP contribution in [0.1, 0.15) is 63.5 Å². The Balaban J connectivity index is 1.59. The lowest BCUT2D eigenvalue weighted by atomic mass is 9.69. The molecule has 1 aromatic carbocycles. The van der Waals surface area contributed by atoms with E-state index in [1.165, 1.54) is 50.5 Å². The van der Waals surface area contributed by atoms with Crippen LogP contribution in [-0.4, -0.2) is 6.04 Å². The van der Waals surface area contributed by atoms with Crippen LogP contribution in [0.2, 0.25) is 5.02 Å². The van der Waals surface area contributed by atoms with Crippen molar-refractivity contribution in [1.29, 1.82) is 0 Å². The van der Waals surface area contributed by atoms with Crippen LogP contribution < -0.4 is 5.32 Å². The summed E-state index contributed by atoms with van der Waals surface area (Å²) in [7, 11) is 0. The van der Waals surface area contributed by atoms with Crippen molar-refractivity contribution >= 4 is 11.6 Å². The fraction of sp³-hybridized carbons (Fsp3) is 0.667. The molecule has 0 heterocycles.